The van der Waals surface area contributed by atoms with Crippen molar-refractivity contribution in [3.8, 4) is 0 Å². The standard InChI is InChI=1S/C11H14ClFN2O2S/c12-10-7-9(1-2-11(10)13)18(16,17)15-5-3-8(14)4-6-15/h1-2,7-8H,3-6,14H2. The lowest BCUT2D eigenvalue weighted by Gasteiger charge is -2.29. The molecular formula is C11H14ClFN2O2S. The summed E-state index contributed by atoms with van der Waals surface area (Å²) in [5.74, 6) is -0.628. The van der Waals surface area contributed by atoms with Crippen molar-refractivity contribution in [3.63, 3.8) is 0 Å². The van der Waals surface area contributed by atoms with E-state index in [1.165, 1.54) is 10.4 Å². The Balaban J connectivity index is 2.27. The normalized spacial score (nSPS) is 19.1. The van der Waals surface area contributed by atoms with E-state index in [4.69, 9.17) is 17.3 Å². The van der Waals surface area contributed by atoms with Crippen LogP contribution in [0.15, 0.2) is 23.1 Å². The summed E-state index contributed by atoms with van der Waals surface area (Å²) in [6.45, 7) is 0.775. The molecule has 0 aliphatic carbocycles. The lowest BCUT2D eigenvalue weighted by Crippen LogP contribution is -2.42. The Morgan fingerprint density at radius 1 is 1.33 bits per heavy atom. The molecular weight excluding hydrogens is 279 g/mol. The summed E-state index contributed by atoms with van der Waals surface area (Å²) in [6.07, 6.45) is 1.27. The minimum Gasteiger partial charge on any atom is -0.328 e. The molecule has 1 aliphatic rings. The molecule has 1 heterocycles. The van der Waals surface area contributed by atoms with Gasteiger partial charge in [-0.05, 0) is 31.0 Å². The fraction of sp³-hybridized carbons (Fsp3) is 0.455. The molecule has 2 N–H and O–H groups in total. The van der Waals surface area contributed by atoms with Crippen LogP contribution in [0, 0.1) is 5.82 Å². The van der Waals surface area contributed by atoms with Gasteiger partial charge in [0, 0.05) is 19.1 Å². The number of benzene rings is 1. The van der Waals surface area contributed by atoms with Crippen LogP contribution in [-0.4, -0.2) is 31.9 Å². The predicted molar refractivity (Wildman–Crippen MR) is 67.4 cm³/mol. The molecule has 0 unspecified atom stereocenters. The Hall–Kier alpha value is -0.690. The first-order chi connectivity index (χ1) is 8.41. The third-order valence-corrected chi connectivity index (χ3v) is 5.21. The molecule has 4 nitrogen and oxygen atoms in total. The third kappa shape index (κ3) is 2.66. The zero-order valence-corrected chi connectivity index (χ0v) is 11.2. The van der Waals surface area contributed by atoms with Crippen molar-refractivity contribution in [1.82, 2.24) is 4.31 Å². The molecule has 1 fully saturated rings. The van der Waals surface area contributed by atoms with Gasteiger partial charge in [0.05, 0.1) is 9.92 Å². The summed E-state index contributed by atoms with van der Waals surface area (Å²) in [7, 11) is -3.60. The largest absolute Gasteiger partial charge is 0.328 e. The average molecular weight is 293 g/mol. The molecule has 0 atom stereocenters. The SMILES string of the molecule is NC1CCN(S(=O)(=O)c2ccc(F)c(Cl)c2)CC1. The number of sulfonamides is 1. The molecule has 1 aromatic carbocycles. The predicted octanol–water partition coefficient (Wildman–Crippen LogP) is 1.59. The van der Waals surface area contributed by atoms with Gasteiger partial charge in [0.2, 0.25) is 10.0 Å². The van der Waals surface area contributed by atoms with Gasteiger partial charge in [0.15, 0.2) is 0 Å². The van der Waals surface area contributed by atoms with Crippen LogP contribution in [0.25, 0.3) is 0 Å². The average Bonchev–Trinajstić information content (AvgIpc) is 2.33. The summed E-state index contributed by atoms with van der Waals surface area (Å²) < 4.78 is 38.9. The minimum absolute atomic E-state index is 0.0179. The Morgan fingerprint density at radius 3 is 2.50 bits per heavy atom. The highest BCUT2D eigenvalue weighted by atomic mass is 35.5. The van der Waals surface area contributed by atoms with Crippen molar-refractivity contribution in [2.24, 2.45) is 5.73 Å². The van der Waals surface area contributed by atoms with Crippen LogP contribution in [0.2, 0.25) is 5.02 Å². The fourth-order valence-electron chi connectivity index (χ4n) is 1.90. The van der Waals surface area contributed by atoms with E-state index in [1.54, 1.807) is 0 Å². The van der Waals surface area contributed by atoms with Crippen LogP contribution in [0.1, 0.15) is 12.8 Å². The molecule has 18 heavy (non-hydrogen) atoms. The zero-order valence-electron chi connectivity index (χ0n) is 9.64. The van der Waals surface area contributed by atoms with Gasteiger partial charge in [0.1, 0.15) is 5.82 Å². The maximum Gasteiger partial charge on any atom is 0.243 e. The first kappa shape index (κ1) is 13.7. The molecule has 0 aromatic heterocycles. The monoisotopic (exact) mass is 292 g/mol. The summed E-state index contributed by atoms with van der Waals surface area (Å²) >= 11 is 5.60. The number of halogens is 2. The van der Waals surface area contributed by atoms with E-state index in [-0.39, 0.29) is 16.0 Å². The van der Waals surface area contributed by atoms with Crippen LogP contribution in [-0.2, 0) is 10.0 Å². The van der Waals surface area contributed by atoms with E-state index in [0.29, 0.717) is 25.9 Å². The molecule has 7 heteroatoms. The van der Waals surface area contributed by atoms with Gasteiger partial charge < -0.3 is 5.73 Å². The molecule has 1 aromatic rings. The first-order valence-corrected chi connectivity index (χ1v) is 7.44. The van der Waals surface area contributed by atoms with E-state index in [0.717, 1.165) is 12.1 Å². The number of hydrogen-bond acceptors (Lipinski definition) is 3. The van der Waals surface area contributed by atoms with E-state index < -0.39 is 15.8 Å². The van der Waals surface area contributed by atoms with Gasteiger partial charge in [-0.15, -0.1) is 0 Å². The Bertz CT molecular complexity index is 542. The molecule has 1 saturated heterocycles. The van der Waals surface area contributed by atoms with E-state index in [2.05, 4.69) is 0 Å². The van der Waals surface area contributed by atoms with Crippen LogP contribution in [0.3, 0.4) is 0 Å². The molecule has 0 bridgehead atoms. The Kier molecular flexibility index (Phi) is 3.91. The quantitative estimate of drug-likeness (QED) is 0.900. The molecule has 1 aliphatic heterocycles. The van der Waals surface area contributed by atoms with Crippen molar-refractivity contribution in [1.29, 1.82) is 0 Å². The van der Waals surface area contributed by atoms with Crippen LogP contribution in [0.5, 0.6) is 0 Å². The fourth-order valence-corrected chi connectivity index (χ4v) is 3.64. The number of piperidine rings is 1. The maximum absolute atomic E-state index is 13.0. The highest BCUT2D eigenvalue weighted by Crippen LogP contribution is 2.24. The van der Waals surface area contributed by atoms with E-state index >= 15 is 0 Å². The highest BCUT2D eigenvalue weighted by Gasteiger charge is 2.28. The lowest BCUT2D eigenvalue weighted by atomic mass is 10.1. The van der Waals surface area contributed by atoms with Crippen molar-refractivity contribution in [2.45, 2.75) is 23.8 Å². The second-order valence-corrected chi connectivity index (χ2v) is 6.66. The summed E-state index contributed by atoms with van der Waals surface area (Å²) in [6, 6.07) is 3.48. The van der Waals surface area contributed by atoms with Gasteiger partial charge >= 0.3 is 0 Å². The maximum atomic E-state index is 13.0. The zero-order chi connectivity index (χ0) is 13.3. The van der Waals surface area contributed by atoms with Gasteiger partial charge in [-0.3, -0.25) is 0 Å². The summed E-state index contributed by atoms with van der Waals surface area (Å²) in [5, 5.41) is -0.190. The third-order valence-electron chi connectivity index (χ3n) is 3.03. The molecule has 0 amide bonds. The molecule has 100 valence electrons. The van der Waals surface area contributed by atoms with Gasteiger partial charge in [0.25, 0.3) is 0 Å². The first-order valence-electron chi connectivity index (χ1n) is 5.62. The van der Waals surface area contributed by atoms with E-state index in [9.17, 15) is 12.8 Å². The van der Waals surface area contributed by atoms with Crippen LogP contribution < -0.4 is 5.73 Å². The van der Waals surface area contributed by atoms with Crippen molar-refractivity contribution in [2.75, 3.05) is 13.1 Å². The Morgan fingerprint density at radius 2 is 1.94 bits per heavy atom. The number of rotatable bonds is 2. The van der Waals surface area contributed by atoms with E-state index in [1.807, 2.05) is 0 Å². The molecule has 2 rings (SSSR count). The molecule has 0 spiro atoms. The smallest absolute Gasteiger partial charge is 0.243 e. The summed E-state index contributed by atoms with van der Waals surface area (Å²) in [5.41, 5.74) is 5.73. The number of hydrogen-bond donors (Lipinski definition) is 1. The number of nitrogens with two attached hydrogens (primary N) is 1. The van der Waals surface area contributed by atoms with Gasteiger partial charge in [-0.2, -0.15) is 4.31 Å². The second-order valence-electron chi connectivity index (χ2n) is 4.32. The van der Waals surface area contributed by atoms with Crippen LogP contribution >= 0.6 is 11.6 Å². The number of nitrogens with zero attached hydrogens (tertiary/aromatic N) is 1. The molecule has 0 saturated carbocycles. The van der Waals surface area contributed by atoms with Crippen LogP contribution in [0.4, 0.5) is 4.39 Å². The lowest BCUT2D eigenvalue weighted by molar-refractivity contribution is 0.320. The van der Waals surface area contributed by atoms with Gasteiger partial charge in [-0.1, -0.05) is 11.6 Å². The highest BCUT2D eigenvalue weighted by molar-refractivity contribution is 7.89. The van der Waals surface area contributed by atoms with Gasteiger partial charge in [-0.25, -0.2) is 12.8 Å². The van der Waals surface area contributed by atoms with Crippen molar-refractivity contribution < 1.29 is 12.8 Å². The topological polar surface area (TPSA) is 63.4 Å². The van der Waals surface area contributed by atoms with Crippen molar-refractivity contribution >= 4 is 21.6 Å². The van der Waals surface area contributed by atoms with Crippen molar-refractivity contribution in [3.05, 3.63) is 29.0 Å². The Labute approximate surface area is 111 Å². The second kappa shape index (κ2) is 5.13. The molecule has 0 radical (unpaired) electrons. The summed E-state index contributed by atoms with van der Waals surface area (Å²) in [4.78, 5) is 0.0179. The minimum atomic E-state index is -3.60.